The molecule has 0 radical (unpaired) electrons. The van der Waals surface area contributed by atoms with Crippen LogP contribution in [0.15, 0.2) is 36.7 Å². The molecular formula is C14H16F3N3. The smallest absolute Gasteiger partial charge is 0.327 e. The fraction of sp³-hybridized carbons (Fsp3) is 0.357. The van der Waals surface area contributed by atoms with Gasteiger partial charge in [0.2, 0.25) is 0 Å². The molecule has 0 aliphatic heterocycles. The van der Waals surface area contributed by atoms with Crippen LogP contribution < -0.4 is 5.73 Å². The van der Waals surface area contributed by atoms with E-state index in [1.807, 2.05) is 6.92 Å². The molecule has 0 saturated heterocycles. The molecule has 2 N–H and O–H groups in total. The molecule has 0 aliphatic rings. The number of nitrogens with zero attached hydrogens (tertiary/aromatic N) is 2. The third-order valence-electron chi connectivity index (χ3n) is 3.17. The summed E-state index contributed by atoms with van der Waals surface area (Å²) in [5.74, 6) is 0. The van der Waals surface area contributed by atoms with Crippen molar-refractivity contribution in [3.05, 3.63) is 47.8 Å². The number of rotatable bonds is 4. The highest BCUT2D eigenvalue weighted by atomic mass is 19.4. The Morgan fingerprint density at radius 3 is 2.65 bits per heavy atom. The van der Waals surface area contributed by atoms with Gasteiger partial charge in [0.05, 0.1) is 11.3 Å². The molecule has 108 valence electrons. The number of aromatic nitrogens is 2. The van der Waals surface area contributed by atoms with Crippen molar-refractivity contribution in [1.29, 1.82) is 0 Å². The SMILES string of the molecule is CCC(N)Cc1ccc(-n2cccn2)cc1C(F)(F)F. The maximum Gasteiger partial charge on any atom is 0.416 e. The van der Waals surface area contributed by atoms with E-state index in [0.29, 0.717) is 12.1 Å². The zero-order valence-electron chi connectivity index (χ0n) is 11.1. The monoisotopic (exact) mass is 283 g/mol. The minimum atomic E-state index is -4.40. The highest BCUT2D eigenvalue weighted by molar-refractivity contribution is 5.42. The number of halogens is 3. The summed E-state index contributed by atoms with van der Waals surface area (Å²) in [5, 5.41) is 3.94. The highest BCUT2D eigenvalue weighted by Crippen LogP contribution is 2.34. The van der Waals surface area contributed by atoms with E-state index < -0.39 is 11.7 Å². The molecule has 2 aromatic rings. The first-order valence-electron chi connectivity index (χ1n) is 6.37. The Morgan fingerprint density at radius 2 is 2.10 bits per heavy atom. The van der Waals surface area contributed by atoms with E-state index in [0.717, 1.165) is 6.07 Å². The van der Waals surface area contributed by atoms with E-state index in [-0.39, 0.29) is 18.0 Å². The second kappa shape index (κ2) is 5.66. The number of hydrogen-bond acceptors (Lipinski definition) is 2. The Balaban J connectivity index is 2.43. The predicted molar refractivity (Wildman–Crippen MR) is 70.5 cm³/mol. The predicted octanol–water partition coefficient (Wildman–Crippen LogP) is 3.17. The zero-order valence-corrected chi connectivity index (χ0v) is 11.1. The quantitative estimate of drug-likeness (QED) is 0.936. The normalized spacial score (nSPS) is 13.4. The number of benzene rings is 1. The van der Waals surface area contributed by atoms with Crippen LogP contribution in [0.3, 0.4) is 0 Å². The van der Waals surface area contributed by atoms with Crippen LogP contribution in [0.25, 0.3) is 5.69 Å². The zero-order chi connectivity index (χ0) is 14.8. The summed E-state index contributed by atoms with van der Waals surface area (Å²) < 4.78 is 40.9. The first kappa shape index (κ1) is 14.6. The van der Waals surface area contributed by atoms with Gasteiger partial charge in [0.1, 0.15) is 0 Å². The molecule has 1 aromatic heterocycles. The lowest BCUT2D eigenvalue weighted by molar-refractivity contribution is -0.138. The first-order chi connectivity index (χ1) is 9.41. The van der Waals surface area contributed by atoms with Crippen LogP contribution in [0.2, 0.25) is 0 Å². The van der Waals surface area contributed by atoms with Gasteiger partial charge >= 0.3 is 6.18 Å². The van der Waals surface area contributed by atoms with Crippen molar-refractivity contribution in [2.24, 2.45) is 5.73 Å². The Hall–Kier alpha value is -1.82. The van der Waals surface area contributed by atoms with E-state index in [2.05, 4.69) is 5.10 Å². The van der Waals surface area contributed by atoms with Crippen molar-refractivity contribution in [3.8, 4) is 5.69 Å². The molecule has 1 unspecified atom stereocenters. The maximum atomic E-state index is 13.2. The van der Waals surface area contributed by atoms with E-state index in [9.17, 15) is 13.2 Å². The van der Waals surface area contributed by atoms with Crippen LogP contribution >= 0.6 is 0 Å². The van der Waals surface area contributed by atoms with Gasteiger partial charge in [0, 0.05) is 18.4 Å². The van der Waals surface area contributed by atoms with Crippen LogP contribution in [-0.4, -0.2) is 15.8 Å². The molecule has 6 heteroatoms. The average Bonchev–Trinajstić information content (AvgIpc) is 2.91. The van der Waals surface area contributed by atoms with Gasteiger partial charge in [-0.3, -0.25) is 0 Å². The minimum Gasteiger partial charge on any atom is -0.327 e. The molecule has 1 aromatic carbocycles. The molecule has 0 fully saturated rings. The summed E-state index contributed by atoms with van der Waals surface area (Å²) in [6, 6.07) is 5.61. The fourth-order valence-electron chi connectivity index (χ4n) is 2.00. The molecule has 0 amide bonds. The summed E-state index contributed by atoms with van der Waals surface area (Å²) >= 11 is 0. The Bertz CT molecular complexity index is 562. The van der Waals surface area contributed by atoms with E-state index >= 15 is 0 Å². The van der Waals surface area contributed by atoms with Crippen LogP contribution in [0.5, 0.6) is 0 Å². The van der Waals surface area contributed by atoms with E-state index in [1.165, 1.54) is 16.9 Å². The summed E-state index contributed by atoms with van der Waals surface area (Å²) in [4.78, 5) is 0. The molecule has 0 spiro atoms. The highest BCUT2D eigenvalue weighted by Gasteiger charge is 2.33. The summed E-state index contributed by atoms with van der Waals surface area (Å²) in [6.07, 6.45) is -0.421. The van der Waals surface area contributed by atoms with Gasteiger partial charge < -0.3 is 5.73 Å². The first-order valence-corrected chi connectivity index (χ1v) is 6.37. The second-order valence-electron chi connectivity index (χ2n) is 4.66. The molecule has 1 heterocycles. The molecule has 0 saturated carbocycles. The lowest BCUT2D eigenvalue weighted by Crippen LogP contribution is -2.23. The van der Waals surface area contributed by atoms with Crippen molar-refractivity contribution in [1.82, 2.24) is 9.78 Å². The van der Waals surface area contributed by atoms with Crippen molar-refractivity contribution < 1.29 is 13.2 Å². The Kier molecular flexibility index (Phi) is 4.13. The van der Waals surface area contributed by atoms with Crippen LogP contribution in [0.1, 0.15) is 24.5 Å². The van der Waals surface area contributed by atoms with Crippen molar-refractivity contribution >= 4 is 0 Å². The Morgan fingerprint density at radius 1 is 1.35 bits per heavy atom. The van der Waals surface area contributed by atoms with Crippen molar-refractivity contribution in [2.75, 3.05) is 0 Å². The minimum absolute atomic E-state index is 0.213. The second-order valence-corrected chi connectivity index (χ2v) is 4.66. The standard InChI is InChI=1S/C14H16F3N3/c1-2-11(18)8-10-4-5-12(20-7-3-6-19-20)9-13(10)14(15,16)17/h3-7,9,11H,2,8,18H2,1H3. The molecule has 20 heavy (non-hydrogen) atoms. The van der Waals surface area contributed by atoms with Crippen molar-refractivity contribution in [3.63, 3.8) is 0 Å². The third-order valence-corrected chi connectivity index (χ3v) is 3.17. The lowest BCUT2D eigenvalue weighted by atomic mass is 9.98. The summed E-state index contributed by atoms with van der Waals surface area (Å²) in [6.45, 7) is 1.86. The fourth-order valence-corrected chi connectivity index (χ4v) is 2.00. The van der Waals surface area contributed by atoms with Gasteiger partial charge in [-0.15, -0.1) is 0 Å². The van der Waals surface area contributed by atoms with E-state index in [4.69, 9.17) is 5.73 Å². The van der Waals surface area contributed by atoms with Gasteiger partial charge in [0.25, 0.3) is 0 Å². The van der Waals surface area contributed by atoms with Gasteiger partial charge in [-0.1, -0.05) is 13.0 Å². The van der Waals surface area contributed by atoms with E-state index in [1.54, 1.807) is 18.3 Å². The van der Waals surface area contributed by atoms with Crippen LogP contribution in [0.4, 0.5) is 13.2 Å². The van der Waals surface area contributed by atoms with Crippen LogP contribution in [-0.2, 0) is 12.6 Å². The summed E-state index contributed by atoms with van der Waals surface area (Å²) in [5.41, 5.74) is 5.73. The van der Waals surface area contributed by atoms with Crippen LogP contribution in [0, 0.1) is 0 Å². The van der Waals surface area contributed by atoms with Gasteiger partial charge in [-0.05, 0) is 36.6 Å². The average molecular weight is 283 g/mol. The molecule has 2 rings (SSSR count). The molecule has 1 atom stereocenters. The number of hydrogen-bond donors (Lipinski definition) is 1. The topological polar surface area (TPSA) is 43.8 Å². The molecule has 0 bridgehead atoms. The largest absolute Gasteiger partial charge is 0.416 e. The number of nitrogens with two attached hydrogens (primary N) is 1. The molecule has 0 aliphatic carbocycles. The third kappa shape index (κ3) is 3.19. The Labute approximate surface area is 115 Å². The van der Waals surface area contributed by atoms with Gasteiger partial charge in [-0.25, -0.2) is 4.68 Å². The van der Waals surface area contributed by atoms with Gasteiger partial charge in [0.15, 0.2) is 0 Å². The van der Waals surface area contributed by atoms with Crippen molar-refractivity contribution in [2.45, 2.75) is 32.0 Å². The molecular weight excluding hydrogens is 267 g/mol. The summed E-state index contributed by atoms with van der Waals surface area (Å²) in [7, 11) is 0. The maximum absolute atomic E-state index is 13.2. The molecule has 3 nitrogen and oxygen atoms in total. The van der Waals surface area contributed by atoms with Gasteiger partial charge in [-0.2, -0.15) is 18.3 Å². The number of alkyl halides is 3. The lowest BCUT2D eigenvalue weighted by Gasteiger charge is -2.17.